The standard InChI is InChI=1S/C12H12BNOS/c13-8-1-2-10-9(7-8)12(11(15)14-10)3-5-16-6-4-12/h1-2,7H,3-6H2,(H,14,15). The number of rotatable bonds is 0. The molecular formula is C12H12BNOS. The summed E-state index contributed by atoms with van der Waals surface area (Å²) < 4.78 is 0. The minimum absolute atomic E-state index is 0.161. The number of hydrogen-bond donors (Lipinski definition) is 1. The van der Waals surface area contributed by atoms with Crippen LogP contribution in [0.25, 0.3) is 0 Å². The van der Waals surface area contributed by atoms with E-state index >= 15 is 0 Å². The Morgan fingerprint density at radius 2 is 2.06 bits per heavy atom. The van der Waals surface area contributed by atoms with Crippen LogP contribution in [-0.2, 0) is 10.2 Å². The molecular weight excluding hydrogens is 217 g/mol. The van der Waals surface area contributed by atoms with Crippen LogP contribution in [-0.4, -0.2) is 25.3 Å². The zero-order valence-corrected chi connectivity index (χ0v) is 9.77. The van der Waals surface area contributed by atoms with Gasteiger partial charge in [0.2, 0.25) is 5.91 Å². The molecule has 80 valence electrons. The maximum absolute atomic E-state index is 12.2. The summed E-state index contributed by atoms with van der Waals surface area (Å²) >= 11 is 1.93. The largest absolute Gasteiger partial charge is 0.325 e. The Morgan fingerprint density at radius 1 is 1.31 bits per heavy atom. The predicted molar refractivity (Wildman–Crippen MR) is 68.7 cm³/mol. The van der Waals surface area contributed by atoms with Gasteiger partial charge in [0.05, 0.1) is 5.41 Å². The van der Waals surface area contributed by atoms with Crippen molar-refractivity contribution in [1.29, 1.82) is 0 Å². The number of hydrogen-bond acceptors (Lipinski definition) is 2. The van der Waals surface area contributed by atoms with Crippen LogP contribution in [0.5, 0.6) is 0 Å². The van der Waals surface area contributed by atoms with Gasteiger partial charge in [0.15, 0.2) is 0 Å². The van der Waals surface area contributed by atoms with Crippen LogP contribution in [0.1, 0.15) is 18.4 Å². The molecule has 4 heteroatoms. The summed E-state index contributed by atoms with van der Waals surface area (Å²) in [5.74, 6) is 2.27. The second-order valence-corrected chi connectivity index (χ2v) is 5.68. The van der Waals surface area contributed by atoms with Gasteiger partial charge in [0.1, 0.15) is 7.85 Å². The zero-order valence-electron chi connectivity index (χ0n) is 8.95. The molecule has 3 rings (SSSR count). The number of nitrogens with one attached hydrogen (secondary N) is 1. The molecule has 1 spiro atoms. The van der Waals surface area contributed by atoms with Crippen molar-refractivity contribution in [3.8, 4) is 0 Å². The Balaban J connectivity index is 2.13. The Kier molecular flexibility index (Phi) is 2.28. The molecule has 0 bridgehead atoms. The maximum atomic E-state index is 12.2. The van der Waals surface area contributed by atoms with E-state index in [0.29, 0.717) is 0 Å². The van der Waals surface area contributed by atoms with E-state index in [1.807, 2.05) is 30.0 Å². The van der Waals surface area contributed by atoms with Crippen molar-refractivity contribution in [1.82, 2.24) is 0 Å². The van der Waals surface area contributed by atoms with Gasteiger partial charge in [0, 0.05) is 5.69 Å². The summed E-state index contributed by atoms with van der Waals surface area (Å²) in [6.45, 7) is 0. The molecule has 2 aliphatic rings. The van der Waals surface area contributed by atoms with Crippen molar-refractivity contribution in [3.63, 3.8) is 0 Å². The Hall–Kier alpha value is -0.895. The molecule has 1 amide bonds. The Labute approximate surface area is 101 Å². The molecule has 0 saturated carbocycles. The van der Waals surface area contributed by atoms with Crippen molar-refractivity contribution in [2.24, 2.45) is 0 Å². The third-order valence-corrected chi connectivity index (χ3v) is 4.57. The highest BCUT2D eigenvalue weighted by molar-refractivity contribution is 7.99. The highest BCUT2D eigenvalue weighted by Crippen LogP contribution is 2.45. The third kappa shape index (κ3) is 1.32. The average Bonchev–Trinajstić information content (AvgIpc) is 2.55. The second-order valence-electron chi connectivity index (χ2n) is 4.45. The van der Waals surface area contributed by atoms with Crippen LogP contribution in [0, 0.1) is 0 Å². The van der Waals surface area contributed by atoms with Crippen LogP contribution in [0.4, 0.5) is 5.69 Å². The highest BCUT2D eigenvalue weighted by atomic mass is 32.2. The Morgan fingerprint density at radius 3 is 2.81 bits per heavy atom. The lowest BCUT2D eigenvalue weighted by Crippen LogP contribution is -2.38. The first-order valence-electron chi connectivity index (χ1n) is 5.52. The molecule has 1 fully saturated rings. The van der Waals surface area contributed by atoms with E-state index in [1.54, 1.807) is 0 Å². The van der Waals surface area contributed by atoms with Crippen molar-refractivity contribution >= 4 is 36.7 Å². The lowest BCUT2D eigenvalue weighted by molar-refractivity contribution is -0.121. The topological polar surface area (TPSA) is 29.1 Å². The SMILES string of the molecule is [B]c1ccc2c(c1)C1(CCSCC1)C(=O)N2. The van der Waals surface area contributed by atoms with Gasteiger partial charge in [-0.3, -0.25) is 4.79 Å². The number of benzene rings is 1. The number of carbonyl (C=O) groups is 1. The van der Waals surface area contributed by atoms with Crippen LogP contribution in [0.3, 0.4) is 0 Å². The molecule has 1 aromatic carbocycles. The summed E-state index contributed by atoms with van der Waals surface area (Å²) in [5, 5.41) is 2.98. The molecule has 0 aliphatic carbocycles. The van der Waals surface area contributed by atoms with E-state index in [-0.39, 0.29) is 11.3 Å². The van der Waals surface area contributed by atoms with E-state index in [4.69, 9.17) is 7.85 Å². The smallest absolute Gasteiger partial charge is 0.235 e. The summed E-state index contributed by atoms with van der Waals surface area (Å²) in [5.41, 5.74) is 2.51. The molecule has 0 aromatic heterocycles. The van der Waals surface area contributed by atoms with E-state index < -0.39 is 0 Å². The van der Waals surface area contributed by atoms with E-state index in [9.17, 15) is 4.79 Å². The second kappa shape index (κ2) is 3.55. The first-order valence-corrected chi connectivity index (χ1v) is 6.67. The fourth-order valence-corrected chi connectivity index (χ4v) is 3.84. The summed E-state index contributed by atoms with van der Waals surface area (Å²) in [6, 6.07) is 5.72. The van der Waals surface area contributed by atoms with Crippen LogP contribution in [0.2, 0.25) is 0 Å². The highest BCUT2D eigenvalue weighted by Gasteiger charge is 2.47. The minimum Gasteiger partial charge on any atom is -0.325 e. The van der Waals surface area contributed by atoms with Gasteiger partial charge in [-0.1, -0.05) is 17.6 Å². The predicted octanol–water partition coefficient (Wildman–Crippen LogP) is 1.20. The molecule has 2 radical (unpaired) electrons. The van der Waals surface area contributed by atoms with Crippen molar-refractivity contribution in [2.75, 3.05) is 16.8 Å². The minimum atomic E-state index is -0.296. The first kappa shape index (κ1) is 10.3. The van der Waals surface area contributed by atoms with Gasteiger partial charge < -0.3 is 5.32 Å². The molecule has 1 aromatic rings. The fourth-order valence-electron chi connectivity index (χ4n) is 2.65. The summed E-state index contributed by atoms with van der Waals surface area (Å²) in [7, 11) is 5.82. The Bertz CT molecular complexity index is 454. The lowest BCUT2D eigenvalue weighted by atomic mass is 9.75. The lowest BCUT2D eigenvalue weighted by Gasteiger charge is -2.31. The molecule has 2 nitrogen and oxygen atoms in total. The van der Waals surface area contributed by atoms with Gasteiger partial charge in [-0.05, 0) is 36.0 Å². The number of amides is 1. The number of anilines is 1. The van der Waals surface area contributed by atoms with Gasteiger partial charge in [-0.2, -0.15) is 11.8 Å². The summed E-state index contributed by atoms with van der Waals surface area (Å²) in [6.07, 6.45) is 1.86. The molecule has 2 aliphatic heterocycles. The quantitative estimate of drug-likeness (QED) is 0.677. The van der Waals surface area contributed by atoms with E-state index in [2.05, 4.69) is 5.32 Å². The van der Waals surface area contributed by atoms with Gasteiger partial charge in [0.25, 0.3) is 0 Å². The molecule has 1 saturated heterocycles. The van der Waals surface area contributed by atoms with E-state index in [1.165, 1.54) is 0 Å². The van der Waals surface area contributed by atoms with Crippen LogP contribution >= 0.6 is 11.8 Å². The normalized spacial score (nSPS) is 21.9. The van der Waals surface area contributed by atoms with Crippen LogP contribution < -0.4 is 10.8 Å². The summed E-state index contributed by atoms with van der Waals surface area (Å²) in [4.78, 5) is 12.2. The fraction of sp³-hybridized carbons (Fsp3) is 0.417. The van der Waals surface area contributed by atoms with Gasteiger partial charge in [-0.25, -0.2) is 0 Å². The monoisotopic (exact) mass is 229 g/mol. The molecule has 0 unspecified atom stereocenters. The molecule has 16 heavy (non-hydrogen) atoms. The zero-order chi connectivity index (χ0) is 11.2. The molecule has 2 heterocycles. The van der Waals surface area contributed by atoms with Crippen LogP contribution in [0.15, 0.2) is 18.2 Å². The average molecular weight is 229 g/mol. The van der Waals surface area contributed by atoms with Crippen molar-refractivity contribution in [2.45, 2.75) is 18.3 Å². The van der Waals surface area contributed by atoms with Crippen molar-refractivity contribution < 1.29 is 4.79 Å². The number of carbonyl (C=O) groups excluding carboxylic acids is 1. The number of thioether (sulfide) groups is 1. The van der Waals surface area contributed by atoms with E-state index in [0.717, 1.165) is 41.1 Å². The van der Waals surface area contributed by atoms with Crippen molar-refractivity contribution in [3.05, 3.63) is 23.8 Å². The first-order chi connectivity index (χ1) is 7.72. The maximum Gasteiger partial charge on any atom is 0.235 e. The van der Waals surface area contributed by atoms with Gasteiger partial charge >= 0.3 is 0 Å². The number of fused-ring (bicyclic) bond motifs is 2. The third-order valence-electron chi connectivity index (χ3n) is 3.59. The van der Waals surface area contributed by atoms with Gasteiger partial charge in [-0.15, -0.1) is 0 Å². The molecule has 1 N–H and O–H groups in total. The molecule has 0 atom stereocenters.